The van der Waals surface area contributed by atoms with Gasteiger partial charge >= 0.3 is 0 Å². The Labute approximate surface area is 155 Å². The number of ether oxygens (including phenoxy) is 1. The normalized spacial score (nSPS) is 27.2. The standard InChI is InChI=1S/C21H28N2O3/c1-16-4-6-17(7-5-16)23-15-20(12-19(23)25)10-11-22(14-20)18(24)13-21(26-2)8-3-9-21/h4-7H,3,8-15H2,1-2H3. The molecule has 1 spiro atoms. The summed E-state index contributed by atoms with van der Waals surface area (Å²) in [5, 5.41) is 0. The number of likely N-dealkylation sites (tertiary alicyclic amines) is 1. The molecule has 2 aliphatic heterocycles. The summed E-state index contributed by atoms with van der Waals surface area (Å²) >= 11 is 0. The lowest BCUT2D eigenvalue weighted by Crippen LogP contribution is -2.45. The summed E-state index contributed by atoms with van der Waals surface area (Å²) in [7, 11) is 1.72. The van der Waals surface area contributed by atoms with E-state index in [4.69, 9.17) is 4.74 Å². The van der Waals surface area contributed by atoms with Gasteiger partial charge in [-0.3, -0.25) is 9.59 Å². The number of hydrogen-bond donors (Lipinski definition) is 0. The molecule has 1 aliphatic carbocycles. The number of anilines is 1. The van der Waals surface area contributed by atoms with Crippen molar-refractivity contribution < 1.29 is 14.3 Å². The van der Waals surface area contributed by atoms with Crippen molar-refractivity contribution in [2.75, 3.05) is 31.6 Å². The number of carbonyl (C=O) groups is 2. The first-order valence-electron chi connectivity index (χ1n) is 9.64. The molecule has 140 valence electrons. The molecular weight excluding hydrogens is 328 g/mol. The van der Waals surface area contributed by atoms with Gasteiger partial charge < -0.3 is 14.5 Å². The van der Waals surface area contributed by atoms with Crippen molar-refractivity contribution in [1.29, 1.82) is 0 Å². The van der Waals surface area contributed by atoms with Gasteiger partial charge in [0.2, 0.25) is 11.8 Å². The third kappa shape index (κ3) is 3.02. The molecule has 2 heterocycles. The van der Waals surface area contributed by atoms with E-state index in [-0.39, 0.29) is 22.8 Å². The molecule has 1 saturated carbocycles. The van der Waals surface area contributed by atoms with Gasteiger partial charge in [0, 0.05) is 44.3 Å². The molecule has 2 saturated heterocycles. The second-order valence-corrected chi connectivity index (χ2v) is 8.47. The summed E-state index contributed by atoms with van der Waals surface area (Å²) in [5.41, 5.74) is 1.84. The third-order valence-corrected chi connectivity index (χ3v) is 6.63. The van der Waals surface area contributed by atoms with Crippen LogP contribution in [0.2, 0.25) is 0 Å². The van der Waals surface area contributed by atoms with Crippen LogP contribution in [-0.4, -0.2) is 49.1 Å². The van der Waals surface area contributed by atoms with Crippen LogP contribution in [0.3, 0.4) is 0 Å². The Balaban J connectivity index is 1.42. The quantitative estimate of drug-likeness (QED) is 0.833. The summed E-state index contributed by atoms with van der Waals surface area (Å²) in [6, 6.07) is 8.12. The zero-order valence-corrected chi connectivity index (χ0v) is 15.8. The maximum Gasteiger partial charge on any atom is 0.227 e. The zero-order chi connectivity index (χ0) is 18.4. The lowest BCUT2D eigenvalue weighted by Gasteiger charge is -2.40. The van der Waals surface area contributed by atoms with Gasteiger partial charge in [-0.25, -0.2) is 0 Å². The Hall–Kier alpha value is -1.88. The first-order chi connectivity index (χ1) is 12.4. The van der Waals surface area contributed by atoms with Gasteiger partial charge in [-0.05, 0) is 44.7 Å². The minimum Gasteiger partial charge on any atom is -0.378 e. The maximum absolute atomic E-state index is 12.8. The molecule has 4 rings (SSSR count). The van der Waals surface area contributed by atoms with Gasteiger partial charge in [0.05, 0.1) is 12.0 Å². The first-order valence-corrected chi connectivity index (χ1v) is 9.64. The van der Waals surface area contributed by atoms with E-state index in [0.29, 0.717) is 25.9 Å². The number of methoxy groups -OCH3 is 1. The minimum atomic E-state index is -0.230. The van der Waals surface area contributed by atoms with Crippen molar-refractivity contribution >= 4 is 17.5 Å². The van der Waals surface area contributed by atoms with Crippen LogP contribution in [0.1, 0.15) is 44.1 Å². The van der Waals surface area contributed by atoms with Gasteiger partial charge in [0.1, 0.15) is 0 Å². The molecule has 3 aliphatic rings. The fraction of sp³-hybridized carbons (Fsp3) is 0.619. The van der Waals surface area contributed by atoms with Gasteiger partial charge in [-0.2, -0.15) is 0 Å². The zero-order valence-electron chi connectivity index (χ0n) is 15.8. The molecule has 2 amide bonds. The van der Waals surface area contributed by atoms with Crippen molar-refractivity contribution in [1.82, 2.24) is 4.90 Å². The second kappa shape index (κ2) is 6.38. The molecule has 0 radical (unpaired) electrons. The van der Waals surface area contributed by atoms with Crippen LogP contribution in [0.5, 0.6) is 0 Å². The number of benzene rings is 1. The predicted octanol–water partition coefficient (Wildman–Crippen LogP) is 2.91. The average Bonchev–Trinajstić information content (AvgIpc) is 3.15. The first kappa shape index (κ1) is 17.5. The smallest absolute Gasteiger partial charge is 0.227 e. The molecule has 1 atom stereocenters. The van der Waals surface area contributed by atoms with E-state index in [1.165, 1.54) is 5.56 Å². The highest BCUT2D eigenvalue weighted by molar-refractivity contribution is 5.96. The van der Waals surface area contributed by atoms with E-state index in [9.17, 15) is 9.59 Å². The molecular formula is C21H28N2O3. The molecule has 5 nitrogen and oxygen atoms in total. The van der Waals surface area contributed by atoms with Crippen LogP contribution < -0.4 is 4.90 Å². The lowest BCUT2D eigenvalue weighted by molar-refractivity contribution is -0.143. The molecule has 0 aromatic heterocycles. The van der Waals surface area contributed by atoms with Crippen molar-refractivity contribution in [3.63, 3.8) is 0 Å². The maximum atomic E-state index is 12.8. The van der Waals surface area contributed by atoms with E-state index >= 15 is 0 Å². The summed E-state index contributed by atoms with van der Waals surface area (Å²) in [5.74, 6) is 0.361. The van der Waals surface area contributed by atoms with Crippen LogP contribution in [-0.2, 0) is 14.3 Å². The predicted molar refractivity (Wildman–Crippen MR) is 100.0 cm³/mol. The van der Waals surface area contributed by atoms with Gasteiger partial charge in [0.15, 0.2) is 0 Å². The molecule has 0 N–H and O–H groups in total. The molecule has 1 unspecified atom stereocenters. The number of aryl methyl sites for hydroxylation is 1. The largest absolute Gasteiger partial charge is 0.378 e. The fourth-order valence-electron chi connectivity index (χ4n) is 4.69. The van der Waals surface area contributed by atoms with E-state index in [1.807, 2.05) is 41.0 Å². The van der Waals surface area contributed by atoms with Gasteiger partial charge in [-0.1, -0.05) is 17.7 Å². The van der Waals surface area contributed by atoms with E-state index < -0.39 is 0 Å². The van der Waals surface area contributed by atoms with Crippen LogP contribution in [0.25, 0.3) is 0 Å². The summed E-state index contributed by atoms with van der Waals surface area (Å²) in [6.07, 6.45) is 5.04. The van der Waals surface area contributed by atoms with E-state index in [0.717, 1.165) is 37.9 Å². The monoisotopic (exact) mass is 356 g/mol. The highest BCUT2D eigenvalue weighted by Gasteiger charge is 2.50. The van der Waals surface area contributed by atoms with E-state index in [2.05, 4.69) is 0 Å². The number of nitrogens with zero attached hydrogens (tertiary/aromatic N) is 2. The highest BCUT2D eigenvalue weighted by Crippen LogP contribution is 2.43. The van der Waals surface area contributed by atoms with Crippen LogP contribution in [0.15, 0.2) is 24.3 Å². The molecule has 3 fully saturated rings. The third-order valence-electron chi connectivity index (χ3n) is 6.63. The van der Waals surface area contributed by atoms with E-state index in [1.54, 1.807) is 7.11 Å². The fourth-order valence-corrected chi connectivity index (χ4v) is 4.69. The number of amides is 2. The Kier molecular flexibility index (Phi) is 4.30. The number of carbonyl (C=O) groups excluding carboxylic acids is 2. The van der Waals surface area contributed by atoms with Crippen LogP contribution in [0.4, 0.5) is 5.69 Å². The number of rotatable bonds is 4. The van der Waals surface area contributed by atoms with Crippen LogP contribution >= 0.6 is 0 Å². The minimum absolute atomic E-state index is 0.0858. The van der Waals surface area contributed by atoms with Gasteiger partial charge in [-0.15, -0.1) is 0 Å². The van der Waals surface area contributed by atoms with Crippen LogP contribution in [0, 0.1) is 12.3 Å². The molecule has 5 heteroatoms. The molecule has 1 aromatic carbocycles. The van der Waals surface area contributed by atoms with Crippen molar-refractivity contribution in [3.8, 4) is 0 Å². The Morgan fingerprint density at radius 3 is 2.50 bits per heavy atom. The Morgan fingerprint density at radius 2 is 1.88 bits per heavy atom. The molecule has 1 aromatic rings. The Bertz CT molecular complexity index is 705. The van der Waals surface area contributed by atoms with Crippen molar-refractivity contribution in [2.45, 2.75) is 51.0 Å². The Morgan fingerprint density at radius 1 is 1.15 bits per heavy atom. The SMILES string of the molecule is COC1(CC(=O)N2CCC3(CC(=O)N(c4ccc(C)cc4)C3)C2)CCC1. The summed E-state index contributed by atoms with van der Waals surface area (Å²) < 4.78 is 5.61. The molecule has 26 heavy (non-hydrogen) atoms. The van der Waals surface area contributed by atoms with Crippen molar-refractivity contribution in [2.24, 2.45) is 5.41 Å². The van der Waals surface area contributed by atoms with Crippen molar-refractivity contribution in [3.05, 3.63) is 29.8 Å². The van der Waals surface area contributed by atoms with Gasteiger partial charge in [0.25, 0.3) is 0 Å². The lowest BCUT2D eigenvalue weighted by atomic mass is 9.77. The second-order valence-electron chi connectivity index (χ2n) is 8.47. The highest BCUT2D eigenvalue weighted by atomic mass is 16.5. The molecule has 0 bridgehead atoms. The average molecular weight is 356 g/mol. The summed E-state index contributed by atoms with van der Waals surface area (Å²) in [4.78, 5) is 29.3. The topological polar surface area (TPSA) is 49.9 Å². The number of hydrogen-bond acceptors (Lipinski definition) is 3. The summed E-state index contributed by atoms with van der Waals surface area (Å²) in [6.45, 7) is 4.22.